The lowest BCUT2D eigenvalue weighted by Gasteiger charge is -2.42. The molecule has 0 aliphatic carbocycles. The first-order valence-corrected chi connectivity index (χ1v) is 12.6. The van der Waals surface area contributed by atoms with Gasteiger partial charge in [0.1, 0.15) is 11.4 Å². The molecule has 2 aliphatic heterocycles. The Balaban J connectivity index is 1.15. The van der Waals surface area contributed by atoms with E-state index in [1.807, 2.05) is 76.3 Å². The lowest BCUT2D eigenvalue weighted by Crippen LogP contribution is -2.50. The predicted octanol–water partition coefficient (Wildman–Crippen LogP) is 4.67. The second-order valence-corrected chi connectivity index (χ2v) is 9.84. The van der Waals surface area contributed by atoms with Gasteiger partial charge < -0.3 is 24.8 Å². The third-order valence-corrected chi connectivity index (χ3v) is 7.36. The van der Waals surface area contributed by atoms with Gasteiger partial charge in [-0.05, 0) is 66.4 Å². The number of fused-ring (bicyclic) bond motifs is 5. The summed E-state index contributed by atoms with van der Waals surface area (Å²) < 4.78 is 7.09. The molecule has 37 heavy (non-hydrogen) atoms. The van der Waals surface area contributed by atoms with Crippen LogP contribution in [0.25, 0.3) is 10.9 Å². The number of rotatable bonds is 5. The molecule has 2 aliphatic rings. The van der Waals surface area contributed by atoms with Gasteiger partial charge >= 0.3 is 6.03 Å². The number of ether oxygens (including phenoxy) is 1. The standard InChI is InChI=1S/C29H29N5O3/c1-37-24-8-6-23(7-9-24)32-29(36)33-16-20-13-22(18-33)27-11-10-26(28(35)34(27)17-20)31-15-19-12-21-4-2-3-5-25(21)30-14-19/h2-12,14,20,22,31H,13,15-18H2,1H3,(H,32,36)/t20-,22+/m0/s1. The average Bonchev–Trinajstić information content (AvgIpc) is 2.93. The van der Waals surface area contributed by atoms with Gasteiger partial charge in [-0.2, -0.15) is 0 Å². The van der Waals surface area contributed by atoms with Crippen molar-refractivity contribution in [3.05, 3.63) is 94.5 Å². The maximum absolute atomic E-state index is 13.4. The van der Waals surface area contributed by atoms with Crippen LogP contribution >= 0.6 is 0 Å². The number of amides is 2. The number of para-hydroxylation sites is 1. The van der Waals surface area contributed by atoms with E-state index in [2.05, 4.69) is 21.7 Å². The highest BCUT2D eigenvalue weighted by Crippen LogP contribution is 2.35. The van der Waals surface area contributed by atoms with Crippen molar-refractivity contribution in [1.82, 2.24) is 14.5 Å². The molecule has 2 atom stereocenters. The van der Waals surface area contributed by atoms with E-state index in [1.165, 1.54) is 0 Å². The average molecular weight is 496 g/mol. The van der Waals surface area contributed by atoms with Gasteiger partial charge in [0.05, 0.1) is 12.6 Å². The lowest BCUT2D eigenvalue weighted by atomic mass is 9.83. The smallest absolute Gasteiger partial charge is 0.321 e. The van der Waals surface area contributed by atoms with Gasteiger partial charge in [-0.1, -0.05) is 18.2 Å². The number of benzene rings is 2. The van der Waals surface area contributed by atoms with Crippen molar-refractivity contribution in [3.63, 3.8) is 0 Å². The summed E-state index contributed by atoms with van der Waals surface area (Å²) in [5.41, 5.74) is 4.30. The maximum Gasteiger partial charge on any atom is 0.321 e. The van der Waals surface area contributed by atoms with E-state index in [9.17, 15) is 9.59 Å². The van der Waals surface area contributed by atoms with Crippen molar-refractivity contribution >= 4 is 28.3 Å². The van der Waals surface area contributed by atoms with Crippen LogP contribution in [0.3, 0.4) is 0 Å². The molecule has 8 nitrogen and oxygen atoms in total. The van der Waals surface area contributed by atoms with E-state index in [0.717, 1.165) is 40.0 Å². The fourth-order valence-electron chi connectivity index (χ4n) is 5.53. The molecule has 2 aromatic carbocycles. The van der Waals surface area contributed by atoms with Crippen LogP contribution in [0.2, 0.25) is 0 Å². The SMILES string of the molecule is COc1ccc(NC(=O)N2C[C@@H]3C[C@H](C2)c2ccc(NCc4cnc5ccccc5c4)c(=O)n2C3)cc1. The van der Waals surface area contributed by atoms with Crippen LogP contribution in [-0.2, 0) is 13.1 Å². The Labute approximate surface area is 214 Å². The number of pyridine rings is 2. The van der Waals surface area contributed by atoms with Crippen molar-refractivity contribution in [2.75, 3.05) is 30.8 Å². The van der Waals surface area contributed by atoms with E-state index in [-0.39, 0.29) is 23.4 Å². The van der Waals surface area contributed by atoms with E-state index in [0.29, 0.717) is 31.9 Å². The molecule has 1 fully saturated rings. The first-order valence-electron chi connectivity index (χ1n) is 12.6. The molecule has 0 unspecified atom stereocenters. The molecule has 0 saturated carbocycles. The monoisotopic (exact) mass is 495 g/mol. The Morgan fingerprint density at radius 1 is 1.05 bits per heavy atom. The number of urea groups is 1. The molecular weight excluding hydrogens is 466 g/mol. The zero-order valence-electron chi connectivity index (χ0n) is 20.7. The first kappa shape index (κ1) is 23.1. The summed E-state index contributed by atoms with van der Waals surface area (Å²) >= 11 is 0. The van der Waals surface area contributed by atoms with Gasteiger partial charge in [0.25, 0.3) is 5.56 Å². The summed E-state index contributed by atoms with van der Waals surface area (Å²) in [4.78, 5) is 32.7. The third-order valence-electron chi connectivity index (χ3n) is 7.36. The Kier molecular flexibility index (Phi) is 6.00. The van der Waals surface area contributed by atoms with E-state index < -0.39 is 0 Å². The zero-order valence-corrected chi connectivity index (χ0v) is 20.7. The van der Waals surface area contributed by atoms with E-state index in [4.69, 9.17) is 4.74 Å². The van der Waals surface area contributed by atoms with Crippen molar-refractivity contribution in [2.24, 2.45) is 5.92 Å². The number of carbonyl (C=O) groups is 1. The topological polar surface area (TPSA) is 88.5 Å². The first-order chi connectivity index (χ1) is 18.1. The highest BCUT2D eigenvalue weighted by atomic mass is 16.5. The number of aromatic nitrogens is 2. The van der Waals surface area contributed by atoms with Crippen molar-refractivity contribution in [1.29, 1.82) is 0 Å². The highest BCUT2D eigenvalue weighted by Gasteiger charge is 2.36. The van der Waals surface area contributed by atoms with Crippen molar-refractivity contribution in [3.8, 4) is 5.75 Å². The van der Waals surface area contributed by atoms with E-state index in [1.54, 1.807) is 7.11 Å². The zero-order chi connectivity index (χ0) is 25.4. The minimum absolute atomic E-state index is 0.00270. The van der Waals surface area contributed by atoms with Gasteiger partial charge in [0.15, 0.2) is 0 Å². The summed E-state index contributed by atoms with van der Waals surface area (Å²) in [5, 5.41) is 7.38. The summed E-state index contributed by atoms with van der Waals surface area (Å²) in [6.07, 6.45) is 2.84. The summed E-state index contributed by atoms with van der Waals surface area (Å²) in [7, 11) is 1.62. The number of hydrogen-bond acceptors (Lipinski definition) is 5. The second kappa shape index (κ2) is 9.61. The Morgan fingerprint density at radius 2 is 1.89 bits per heavy atom. The molecule has 1 saturated heterocycles. The number of hydrogen-bond donors (Lipinski definition) is 2. The predicted molar refractivity (Wildman–Crippen MR) is 144 cm³/mol. The van der Waals surface area contributed by atoms with Crippen LogP contribution < -0.4 is 20.9 Å². The van der Waals surface area contributed by atoms with Crippen molar-refractivity contribution in [2.45, 2.75) is 25.4 Å². The molecule has 2 aromatic heterocycles. The lowest BCUT2D eigenvalue weighted by molar-refractivity contribution is 0.139. The van der Waals surface area contributed by atoms with Crippen LogP contribution in [-0.4, -0.2) is 40.7 Å². The molecule has 4 heterocycles. The summed E-state index contributed by atoms with van der Waals surface area (Å²) in [6, 6.07) is 21.2. The van der Waals surface area contributed by atoms with Crippen LogP contribution in [0, 0.1) is 5.92 Å². The van der Waals surface area contributed by atoms with Crippen LogP contribution in [0.4, 0.5) is 16.2 Å². The quantitative estimate of drug-likeness (QED) is 0.420. The molecule has 4 aromatic rings. The molecule has 0 spiro atoms. The fraction of sp³-hybridized carbons (Fsp3) is 0.276. The number of anilines is 2. The molecule has 2 bridgehead atoms. The Morgan fingerprint density at radius 3 is 2.73 bits per heavy atom. The van der Waals surface area contributed by atoms with Crippen LogP contribution in [0.1, 0.15) is 23.6 Å². The fourth-order valence-corrected chi connectivity index (χ4v) is 5.53. The molecule has 6 rings (SSSR count). The number of methoxy groups -OCH3 is 1. The number of nitrogens with one attached hydrogen (secondary N) is 2. The number of likely N-dealkylation sites (tertiary alicyclic amines) is 1. The van der Waals surface area contributed by atoms with Crippen LogP contribution in [0.5, 0.6) is 5.75 Å². The van der Waals surface area contributed by atoms with Gasteiger partial charge in [-0.3, -0.25) is 9.78 Å². The molecule has 188 valence electrons. The minimum Gasteiger partial charge on any atom is -0.497 e. The molecule has 2 N–H and O–H groups in total. The molecule has 8 heteroatoms. The molecule has 2 amide bonds. The van der Waals surface area contributed by atoms with E-state index >= 15 is 0 Å². The number of carbonyl (C=O) groups excluding carboxylic acids is 1. The maximum atomic E-state index is 13.4. The van der Waals surface area contributed by atoms with Crippen molar-refractivity contribution < 1.29 is 9.53 Å². The number of piperidine rings is 1. The summed E-state index contributed by atoms with van der Waals surface area (Å²) in [5.74, 6) is 1.13. The third kappa shape index (κ3) is 4.62. The van der Waals surface area contributed by atoms with Gasteiger partial charge in [-0.25, -0.2) is 4.79 Å². The largest absolute Gasteiger partial charge is 0.497 e. The Hall–Kier alpha value is -4.33. The van der Waals surface area contributed by atoms with Gasteiger partial charge in [-0.15, -0.1) is 0 Å². The minimum atomic E-state index is -0.113. The Bertz CT molecular complexity index is 1510. The normalized spacial score (nSPS) is 18.2. The number of nitrogens with zero attached hydrogens (tertiary/aromatic N) is 3. The molecule has 0 radical (unpaired) electrons. The van der Waals surface area contributed by atoms with Gasteiger partial charge in [0, 0.05) is 55.1 Å². The summed E-state index contributed by atoms with van der Waals surface area (Å²) in [6.45, 7) is 2.36. The van der Waals surface area contributed by atoms with Gasteiger partial charge in [0.2, 0.25) is 0 Å². The second-order valence-electron chi connectivity index (χ2n) is 9.84. The molecular formula is C29H29N5O3. The van der Waals surface area contributed by atoms with Crippen LogP contribution in [0.15, 0.2) is 77.7 Å². The highest BCUT2D eigenvalue weighted by molar-refractivity contribution is 5.89.